The van der Waals surface area contributed by atoms with E-state index < -0.39 is 0 Å². The van der Waals surface area contributed by atoms with Crippen molar-refractivity contribution in [3.63, 3.8) is 0 Å². The molecule has 2 N–H and O–H groups in total. The molecule has 0 bridgehead atoms. The fraction of sp³-hybridized carbons (Fsp3) is 0.941. The van der Waals surface area contributed by atoms with Crippen molar-refractivity contribution in [2.45, 2.75) is 25.3 Å². The molecule has 1 aliphatic rings. The van der Waals surface area contributed by atoms with Gasteiger partial charge in [-0.15, -0.1) is 0 Å². The lowest BCUT2D eigenvalue weighted by Gasteiger charge is -2.25. The Hall–Kier alpha value is -0.890. The molecule has 0 aromatic rings. The molecule has 0 saturated carbocycles. The SMILES string of the molecule is CN=C(NCCN(C)CCCOC)NCC1CCCN1CCOC. The van der Waals surface area contributed by atoms with Gasteiger partial charge in [0, 0.05) is 66.6 Å². The Balaban J connectivity index is 2.18. The van der Waals surface area contributed by atoms with E-state index in [4.69, 9.17) is 9.47 Å². The van der Waals surface area contributed by atoms with Gasteiger partial charge < -0.3 is 25.0 Å². The molecule has 1 heterocycles. The standard InChI is InChI=1S/C17H37N5O2/c1-18-17(19-8-11-21(2)9-6-13-23-3)20-15-16-7-5-10-22(16)12-14-24-4/h16H,5-15H2,1-4H3,(H2,18,19,20). The topological polar surface area (TPSA) is 61.4 Å². The minimum atomic E-state index is 0.579. The first-order valence-electron chi connectivity index (χ1n) is 9.06. The summed E-state index contributed by atoms with van der Waals surface area (Å²) in [5.41, 5.74) is 0. The van der Waals surface area contributed by atoms with Gasteiger partial charge in [0.05, 0.1) is 6.61 Å². The van der Waals surface area contributed by atoms with Crippen LogP contribution in [0.2, 0.25) is 0 Å². The van der Waals surface area contributed by atoms with E-state index in [1.54, 1.807) is 14.2 Å². The molecule has 1 unspecified atom stereocenters. The fourth-order valence-electron chi connectivity index (χ4n) is 3.02. The quantitative estimate of drug-likeness (QED) is 0.301. The highest BCUT2D eigenvalue weighted by molar-refractivity contribution is 5.79. The molecule has 0 aromatic carbocycles. The van der Waals surface area contributed by atoms with Crippen molar-refractivity contribution in [3.8, 4) is 0 Å². The number of methoxy groups -OCH3 is 2. The molecular weight excluding hydrogens is 306 g/mol. The Labute approximate surface area is 147 Å². The number of ether oxygens (including phenoxy) is 2. The van der Waals surface area contributed by atoms with E-state index in [1.165, 1.54) is 19.4 Å². The molecule has 0 amide bonds. The average molecular weight is 344 g/mol. The summed E-state index contributed by atoms with van der Waals surface area (Å²) >= 11 is 0. The number of aliphatic imine (C=N–C) groups is 1. The summed E-state index contributed by atoms with van der Waals surface area (Å²) in [4.78, 5) is 9.14. The van der Waals surface area contributed by atoms with Gasteiger partial charge in [0.2, 0.25) is 0 Å². The van der Waals surface area contributed by atoms with E-state index in [0.717, 1.165) is 58.3 Å². The third-order valence-corrected chi connectivity index (χ3v) is 4.48. The van der Waals surface area contributed by atoms with Gasteiger partial charge in [-0.1, -0.05) is 0 Å². The Morgan fingerprint density at radius 2 is 2.00 bits per heavy atom. The summed E-state index contributed by atoms with van der Waals surface area (Å²) in [6.07, 6.45) is 3.59. The Morgan fingerprint density at radius 3 is 2.71 bits per heavy atom. The summed E-state index contributed by atoms with van der Waals surface area (Å²) < 4.78 is 10.3. The van der Waals surface area contributed by atoms with Crippen molar-refractivity contribution in [3.05, 3.63) is 0 Å². The van der Waals surface area contributed by atoms with E-state index in [-0.39, 0.29) is 0 Å². The van der Waals surface area contributed by atoms with Gasteiger partial charge in [0.25, 0.3) is 0 Å². The van der Waals surface area contributed by atoms with E-state index in [9.17, 15) is 0 Å². The Bertz CT molecular complexity index is 341. The maximum atomic E-state index is 5.20. The van der Waals surface area contributed by atoms with Gasteiger partial charge in [-0.25, -0.2) is 0 Å². The van der Waals surface area contributed by atoms with E-state index >= 15 is 0 Å². The van der Waals surface area contributed by atoms with Gasteiger partial charge in [-0.05, 0) is 32.9 Å². The molecular formula is C17H37N5O2. The van der Waals surface area contributed by atoms with Crippen LogP contribution >= 0.6 is 0 Å². The lowest BCUT2D eigenvalue weighted by Crippen LogP contribution is -2.46. The second-order valence-corrected chi connectivity index (χ2v) is 6.35. The van der Waals surface area contributed by atoms with E-state index in [0.29, 0.717) is 6.04 Å². The number of nitrogens with one attached hydrogen (secondary N) is 2. The normalized spacial score (nSPS) is 19.2. The predicted octanol–water partition coefficient (Wildman–Crippen LogP) is 0.231. The molecule has 142 valence electrons. The first-order valence-corrected chi connectivity index (χ1v) is 9.06. The highest BCUT2D eigenvalue weighted by Crippen LogP contribution is 2.15. The number of likely N-dealkylation sites (tertiary alicyclic amines) is 1. The second kappa shape index (κ2) is 13.4. The summed E-state index contributed by atoms with van der Waals surface area (Å²) in [5.74, 6) is 0.888. The van der Waals surface area contributed by atoms with Crippen molar-refractivity contribution in [1.29, 1.82) is 0 Å². The van der Waals surface area contributed by atoms with Crippen LogP contribution in [0.4, 0.5) is 0 Å². The van der Waals surface area contributed by atoms with Crippen LogP contribution in [0.3, 0.4) is 0 Å². The second-order valence-electron chi connectivity index (χ2n) is 6.35. The van der Waals surface area contributed by atoms with Crippen molar-refractivity contribution < 1.29 is 9.47 Å². The first-order chi connectivity index (χ1) is 11.7. The predicted molar refractivity (Wildman–Crippen MR) is 99.8 cm³/mol. The Kier molecular flexibility index (Phi) is 11.8. The minimum absolute atomic E-state index is 0.579. The smallest absolute Gasteiger partial charge is 0.191 e. The molecule has 1 aliphatic heterocycles. The number of rotatable bonds is 12. The van der Waals surface area contributed by atoms with Crippen molar-refractivity contribution >= 4 is 5.96 Å². The lowest BCUT2D eigenvalue weighted by molar-refractivity contribution is 0.141. The van der Waals surface area contributed by atoms with Crippen molar-refractivity contribution in [2.75, 3.05) is 80.8 Å². The molecule has 7 heteroatoms. The molecule has 0 aliphatic carbocycles. The van der Waals surface area contributed by atoms with E-state index in [2.05, 4.69) is 32.5 Å². The third kappa shape index (κ3) is 8.82. The summed E-state index contributed by atoms with van der Waals surface area (Å²) in [7, 11) is 7.48. The highest BCUT2D eigenvalue weighted by Gasteiger charge is 2.23. The molecule has 1 fully saturated rings. The molecule has 0 radical (unpaired) electrons. The molecule has 1 rings (SSSR count). The third-order valence-electron chi connectivity index (χ3n) is 4.48. The summed E-state index contributed by atoms with van der Waals surface area (Å²) in [5, 5.41) is 6.86. The largest absolute Gasteiger partial charge is 0.385 e. The summed E-state index contributed by atoms with van der Waals surface area (Å²) in [6, 6.07) is 0.579. The van der Waals surface area contributed by atoms with Crippen LogP contribution in [-0.4, -0.2) is 103 Å². The lowest BCUT2D eigenvalue weighted by atomic mass is 10.2. The number of likely N-dealkylation sites (N-methyl/N-ethyl adjacent to an activating group) is 1. The minimum Gasteiger partial charge on any atom is -0.385 e. The number of hydrogen-bond acceptors (Lipinski definition) is 5. The van der Waals surface area contributed by atoms with E-state index in [1.807, 2.05) is 7.05 Å². The zero-order chi connectivity index (χ0) is 17.6. The maximum absolute atomic E-state index is 5.20. The maximum Gasteiger partial charge on any atom is 0.191 e. The van der Waals surface area contributed by atoms with Crippen LogP contribution in [-0.2, 0) is 9.47 Å². The monoisotopic (exact) mass is 343 g/mol. The van der Waals surface area contributed by atoms with Gasteiger partial charge in [-0.3, -0.25) is 9.89 Å². The van der Waals surface area contributed by atoms with Crippen LogP contribution in [0.15, 0.2) is 4.99 Å². The zero-order valence-electron chi connectivity index (χ0n) is 16.0. The highest BCUT2D eigenvalue weighted by atomic mass is 16.5. The average Bonchev–Trinajstić information content (AvgIpc) is 3.03. The van der Waals surface area contributed by atoms with Gasteiger partial charge in [-0.2, -0.15) is 0 Å². The van der Waals surface area contributed by atoms with Crippen molar-refractivity contribution in [1.82, 2.24) is 20.4 Å². The van der Waals surface area contributed by atoms with Gasteiger partial charge in [0.1, 0.15) is 0 Å². The van der Waals surface area contributed by atoms with Crippen LogP contribution < -0.4 is 10.6 Å². The molecule has 24 heavy (non-hydrogen) atoms. The van der Waals surface area contributed by atoms with Crippen LogP contribution in [0.1, 0.15) is 19.3 Å². The first kappa shape index (κ1) is 21.2. The molecule has 0 aromatic heterocycles. The molecule has 0 spiro atoms. The van der Waals surface area contributed by atoms with Gasteiger partial charge in [0.15, 0.2) is 5.96 Å². The van der Waals surface area contributed by atoms with Crippen LogP contribution in [0, 0.1) is 0 Å². The number of guanidine groups is 1. The van der Waals surface area contributed by atoms with Crippen LogP contribution in [0.25, 0.3) is 0 Å². The van der Waals surface area contributed by atoms with Gasteiger partial charge >= 0.3 is 0 Å². The zero-order valence-corrected chi connectivity index (χ0v) is 16.0. The molecule has 7 nitrogen and oxygen atoms in total. The number of hydrogen-bond donors (Lipinski definition) is 2. The molecule has 1 saturated heterocycles. The fourth-order valence-corrected chi connectivity index (χ4v) is 3.02. The Morgan fingerprint density at radius 1 is 1.21 bits per heavy atom. The summed E-state index contributed by atoms with van der Waals surface area (Å²) in [6.45, 7) is 7.69. The van der Waals surface area contributed by atoms with Crippen molar-refractivity contribution in [2.24, 2.45) is 4.99 Å². The molecule has 1 atom stereocenters. The van der Waals surface area contributed by atoms with Crippen LogP contribution in [0.5, 0.6) is 0 Å². The number of nitrogens with zero attached hydrogens (tertiary/aromatic N) is 3.